The van der Waals surface area contributed by atoms with Crippen LogP contribution in [0.1, 0.15) is 22.4 Å². The zero-order valence-electron chi connectivity index (χ0n) is 19.1. The Morgan fingerprint density at radius 2 is 1.78 bits per heavy atom. The van der Waals surface area contributed by atoms with Crippen molar-refractivity contribution in [2.24, 2.45) is 0 Å². The summed E-state index contributed by atoms with van der Waals surface area (Å²) < 4.78 is 57.9. The minimum Gasteiger partial charge on any atom is -0.489 e. The van der Waals surface area contributed by atoms with Crippen LogP contribution in [0.25, 0.3) is 0 Å². The van der Waals surface area contributed by atoms with Crippen LogP contribution in [-0.2, 0) is 23.9 Å². The first-order valence-electron chi connectivity index (χ1n) is 11.1. The summed E-state index contributed by atoms with van der Waals surface area (Å²) in [6, 6.07) is 13.4. The van der Waals surface area contributed by atoms with Gasteiger partial charge in [0.05, 0.1) is 12.2 Å². The number of alkyl halides is 3. The molecular weight excluding hydrogens is 521 g/mol. The van der Waals surface area contributed by atoms with Crippen LogP contribution < -0.4 is 9.47 Å². The molecule has 0 unspecified atom stereocenters. The quantitative estimate of drug-likeness (QED) is 0.292. The Hall–Kier alpha value is -2.87. The van der Waals surface area contributed by atoms with Gasteiger partial charge in [-0.1, -0.05) is 41.9 Å². The first kappa shape index (κ1) is 27.2. The molecule has 0 spiro atoms. The molecule has 37 heavy (non-hydrogen) atoms. The number of ether oxygens (including phenoxy) is 3. The highest BCUT2D eigenvalue weighted by atomic mass is 35.5. The van der Waals surface area contributed by atoms with Crippen molar-refractivity contribution in [3.05, 3.63) is 75.9 Å². The first-order valence-corrected chi connectivity index (χ1v) is 11.5. The zero-order chi connectivity index (χ0) is 26.7. The van der Waals surface area contributed by atoms with Gasteiger partial charge in [-0.2, -0.15) is 13.2 Å². The van der Waals surface area contributed by atoms with Crippen molar-refractivity contribution in [2.75, 3.05) is 6.61 Å². The fourth-order valence-electron chi connectivity index (χ4n) is 3.89. The molecule has 0 radical (unpaired) electrons. The van der Waals surface area contributed by atoms with E-state index in [1.165, 1.54) is 0 Å². The molecule has 5 N–H and O–H groups in total. The fourth-order valence-corrected chi connectivity index (χ4v) is 4.10. The highest BCUT2D eigenvalue weighted by Gasteiger charge is 2.46. The fraction of sp³-hybridized carbons (Fsp3) is 0.375. The topological polar surface area (TPSA) is 137 Å². The number of nitrogens with one attached hydrogen (secondary N) is 1. The van der Waals surface area contributed by atoms with E-state index in [-0.39, 0.29) is 13.0 Å². The Balaban J connectivity index is 1.61. The molecule has 13 heteroatoms. The Bertz CT molecular complexity index is 1210. The number of benzene rings is 2. The molecule has 0 saturated carbocycles. The number of rotatable bonds is 8. The third kappa shape index (κ3) is 6.17. The third-order valence-electron chi connectivity index (χ3n) is 5.81. The van der Waals surface area contributed by atoms with Gasteiger partial charge in [0.25, 0.3) is 0 Å². The maximum absolute atomic E-state index is 13.8. The summed E-state index contributed by atoms with van der Waals surface area (Å²) in [5.74, 6) is -0.225. The number of aromatic nitrogens is 2. The number of aromatic amines is 1. The van der Waals surface area contributed by atoms with Crippen LogP contribution in [0.4, 0.5) is 13.2 Å². The molecule has 1 aliphatic rings. The second-order valence-electron chi connectivity index (χ2n) is 8.40. The van der Waals surface area contributed by atoms with Crippen LogP contribution in [0, 0.1) is 0 Å². The van der Waals surface area contributed by atoms with Crippen LogP contribution in [0.15, 0.2) is 48.5 Å². The van der Waals surface area contributed by atoms with Gasteiger partial charge < -0.3 is 34.6 Å². The van der Waals surface area contributed by atoms with Crippen LogP contribution in [0.5, 0.6) is 11.6 Å². The SMILES string of the molecule is OC[C@H]1O[C@@H](Oc2n[nH]c(C(F)(F)F)c2Cc2ccccc2OCc2cccc(Cl)c2)[C@H](O)[C@@H](O)[C@@H]1O. The standard InChI is InChI=1S/C24H24ClF3N2O7/c25-14-6-3-4-12(8-14)11-35-16-7-2-1-5-13(16)9-15-21(24(26,27)28)29-30-22(15)37-23-20(34)19(33)18(32)17(10-31)36-23/h1-8,17-20,23,31-34H,9-11H2,(H,29,30)/t17-,18-,19+,20-,23+/m1/s1. The molecule has 0 amide bonds. The molecule has 1 aliphatic heterocycles. The van der Waals surface area contributed by atoms with Crippen molar-refractivity contribution in [1.29, 1.82) is 0 Å². The van der Waals surface area contributed by atoms with Gasteiger partial charge in [-0.3, -0.25) is 5.10 Å². The maximum Gasteiger partial charge on any atom is 0.433 e. The average Bonchev–Trinajstić information content (AvgIpc) is 3.26. The average molecular weight is 545 g/mol. The second kappa shape index (κ2) is 11.3. The lowest BCUT2D eigenvalue weighted by molar-refractivity contribution is -0.278. The Morgan fingerprint density at radius 1 is 1.03 bits per heavy atom. The van der Waals surface area contributed by atoms with E-state index in [1.54, 1.807) is 48.5 Å². The summed E-state index contributed by atoms with van der Waals surface area (Å²) in [7, 11) is 0. The van der Waals surface area contributed by atoms with Crippen molar-refractivity contribution in [2.45, 2.75) is 49.9 Å². The molecule has 5 atom stereocenters. The summed E-state index contributed by atoms with van der Waals surface area (Å²) in [4.78, 5) is 0. The number of aliphatic hydroxyl groups is 4. The molecule has 1 saturated heterocycles. The molecule has 1 fully saturated rings. The molecule has 2 heterocycles. The van der Waals surface area contributed by atoms with Crippen molar-refractivity contribution in [3.63, 3.8) is 0 Å². The van der Waals surface area contributed by atoms with E-state index in [2.05, 4.69) is 5.10 Å². The molecule has 0 aliphatic carbocycles. The molecule has 1 aromatic heterocycles. The normalized spacial score (nSPS) is 24.2. The van der Waals surface area contributed by atoms with Gasteiger partial charge in [-0.25, -0.2) is 0 Å². The smallest absolute Gasteiger partial charge is 0.433 e. The monoisotopic (exact) mass is 544 g/mol. The summed E-state index contributed by atoms with van der Waals surface area (Å²) in [5, 5.41) is 45.6. The van der Waals surface area contributed by atoms with Crippen molar-refractivity contribution in [3.8, 4) is 11.6 Å². The zero-order valence-corrected chi connectivity index (χ0v) is 19.9. The predicted octanol–water partition coefficient (Wildman–Crippen LogP) is 2.43. The van der Waals surface area contributed by atoms with Crippen LogP contribution >= 0.6 is 11.6 Å². The van der Waals surface area contributed by atoms with Crippen LogP contribution in [0.3, 0.4) is 0 Å². The molecule has 2 aromatic carbocycles. The lowest BCUT2D eigenvalue weighted by Crippen LogP contribution is -2.60. The number of hydrogen-bond donors (Lipinski definition) is 5. The molecule has 200 valence electrons. The van der Waals surface area contributed by atoms with Crippen molar-refractivity contribution in [1.82, 2.24) is 10.2 Å². The van der Waals surface area contributed by atoms with Gasteiger partial charge in [0, 0.05) is 11.4 Å². The Labute approximate surface area is 214 Å². The van der Waals surface area contributed by atoms with Gasteiger partial charge in [0.15, 0.2) is 0 Å². The maximum atomic E-state index is 13.8. The van der Waals surface area contributed by atoms with E-state index in [0.717, 1.165) is 5.56 Å². The number of hydrogen-bond acceptors (Lipinski definition) is 8. The van der Waals surface area contributed by atoms with E-state index in [1.807, 2.05) is 5.10 Å². The highest BCUT2D eigenvalue weighted by molar-refractivity contribution is 6.30. The van der Waals surface area contributed by atoms with Crippen LogP contribution in [0.2, 0.25) is 5.02 Å². The molecule has 3 aromatic rings. The van der Waals surface area contributed by atoms with E-state index in [0.29, 0.717) is 16.3 Å². The van der Waals surface area contributed by atoms with E-state index in [9.17, 15) is 33.6 Å². The second-order valence-corrected chi connectivity index (χ2v) is 8.83. The third-order valence-corrected chi connectivity index (χ3v) is 6.05. The minimum absolute atomic E-state index is 0.114. The number of aliphatic hydroxyl groups excluding tert-OH is 4. The summed E-state index contributed by atoms with van der Waals surface area (Å²) in [6.45, 7) is -0.618. The van der Waals surface area contributed by atoms with Gasteiger partial charge in [-0.15, -0.1) is 5.10 Å². The largest absolute Gasteiger partial charge is 0.489 e. The summed E-state index contributed by atoms with van der Waals surface area (Å²) >= 11 is 6.00. The summed E-state index contributed by atoms with van der Waals surface area (Å²) in [6.07, 6.45) is -13.4. The van der Waals surface area contributed by atoms with Crippen molar-refractivity contribution >= 4 is 11.6 Å². The molecule has 4 rings (SSSR count). The Morgan fingerprint density at radius 3 is 2.49 bits per heavy atom. The number of para-hydroxylation sites is 1. The summed E-state index contributed by atoms with van der Waals surface area (Å²) in [5.41, 5.74) is -0.441. The van der Waals surface area contributed by atoms with E-state index >= 15 is 0 Å². The molecule has 9 nitrogen and oxygen atoms in total. The number of halogens is 4. The lowest BCUT2D eigenvalue weighted by atomic mass is 9.99. The van der Waals surface area contributed by atoms with Gasteiger partial charge in [-0.05, 0) is 29.3 Å². The Kier molecular flexibility index (Phi) is 8.26. The van der Waals surface area contributed by atoms with Crippen molar-refractivity contribution < 1.29 is 47.8 Å². The van der Waals surface area contributed by atoms with Gasteiger partial charge >= 0.3 is 6.18 Å². The minimum atomic E-state index is -4.82. The number of nitrogens with zero attached hydrogens (tertiary/aromatic N) is 1. The lowest BCUT2D eigenvalue weighted by Gasteiger charge is -2.39. The molecule has 0 bridgehead atoms. The first-order chi connectivity index (χ1) is 17.6. The number of H-pyrrole nitrogens is 1. The van der Waals surface area contributed by atoms with E-state index < -0.39 is 60.6 Å². The van der Waals surface area contributed by atoms with Crippen LogP contribution in [-0.4, -0.2) is 67.9 Å². The highest BCUT2D eigenvalue weighted by Crippen LogP contribution is 2.38. The predicted molar refractivity (Wildman–Crippen MR) is 123 cm³/mol. The van der Waals surface area contributed by atoms with E-state index in [4.69, 9.17) is 25.8 Å². The van der Waals surface area contributed by atoms with Gasteiger partial charge in [0.2, 0.25) is 12.2 Å². The molecular formula is C24H24ClF3N2O7. The van der Waals surface area contributed by atoms with Gasteiger partial charge in [0.1, 0.15) is 42.5 Å².